The van der Waals surface area contributed by atoms with Crippen LogP contribution in [0.4, 0.5) is 0 Å². The van der Waals surface area contributed by atoms with Crippen molar-refractivity contribution in [3.8, 4) is 6.07 Å². The molecule has 2 amide bonds. The van der Waals surface area contributed by atoms with Crippen molar-refractivity contribution in [1.29, 1.82) is 5.26 Å². The third-order valence-corrected chi connectivity index (χ3v) is 8.70. The third-order valence-electron chi connectivity index (χ3n) is 7.70. The molecule has 4 bridgehead atoms. The van der Waals surface area contributed by atoms with Gasteiger partial charge in [0.15, 0.2) is 0 Å². The topological polar surface area (TPSA) is 82.0 Å². The minimum Gasteiger partial charge on any atom is -0.353 e. The summed E-state index contributed by atoms with van der Waals surface area (Å²) in [6, 6.07) is 9.35. The lowest BCUT2D eigenvalue weighted by Crippen LogP contribution is -2.58. The van der Waals surface area contributed by atoms with Crippen molar-refractivity contribution >= 4 is 23.6 Å². The molecule has 1 atom stereocenters. The lowest BCUT2D eigenvalue weighted by Gasteiger charge is -2.55. The van der Waals surface area contributed by atoms with E-state index in [1.54, 1.807) is 11.8 Å². The molecule has 1 unspecified atom stereocenters. The maximum atomic E-state index is 13.4. The van der Waals surface area contributed by atoms with Gasteiger partial charge < -0.3 is 10.6 Å². The second kappa shape index (κ2) is 9.87. The maximum absolute atomic E-state index is 13.4. The molecule has 0 spiro atoms. The molecular weight excluding hydrogens is 418 g/mol. The van der Waals surface area contributed by atoms with Crippen LogP contribution in [0, 0.1) is 40.4 Å². The fourth-order valence-electron chi connectivity index (χ4n) is 6.51. The minimum absolute atomic E-state index is 0.0445. The second-order valence-corrected chi connectivity index (χ2v) is 11.6. The molecule has 5 nitrogen and oxygen atoms in total. The van der Waals surface area contributed by atoms with Crippen LogP contribution in [-0.2, 0) is 15.3 Å². The van der Waals surface area contributed by atoms with E-state index in [2.05, 4.69) is 16.7 Å². The van der Waals surface area contributed by atoms with E-state index in [4.69, 9.17) is 0 Å². The fourth-order valence-corrected chi connectivity index (χ4v) is 7.37. The Morgan fingerprint density at radius 3 is 2.34 bits per heavy atom. The summed E-state index contributed by atoms with van der Waals surface area (Å²) in [5.74, 6) is 3.71. The number of hydrogen-bond acceptors (Lipinski definition) is 4. The van der Waals surface area contributed by atoms with Gasteiger partial charge in [0.05, 0.1) is 11.6 Å². The van der Waals surface area contributed by atoms with Gasteiger partial charge in [-0.05, 0) is 73.8 Å². The molecule has 6 heteroatoms. The molecule has 0 radical (unpaired) electrons. The first-order chi connectivity index (χ1) is 15.4. The maximum Gasteiger partial charge on any atom is 0.242 e. The molecule has 1 aromatic rings. The highest BCUT2D eigenvalue weighted by Crippen LogP contribution is 2.60. The molecule has 0 heterocycles. The van der Waals surface area contributed by atoms with Crippen molar-refractivity contribution in [2.45, 2.75) is 64.2 Å². The average molecular weight is 454 g/mol. The number of nitrogens with one attached hydrogen (secondary N) is 2. The number of carbonyl (C=O) groups excluding carboxylic acids is 2. The predicted octanol–water partition coefficient (Wildman–Crippen LogP) is 4.26. The quantitative estimate of drug-likeness (QED) is 0.547. The first-order valence-corrected chi connectivity index (χ1v) is 13.2. The lowest BCUT2D eigenvalue weighted by atomic mass is 9.49. The zero-order chi connectivity index (χ0) is 22.7. The van der Waals surface area contributed by atoms with Crippen molar-refractivity contribution in [2.75, 3.05) is 12.3 Å². The molecule has 0 aromatic heterocycles. The van der Waals surface area contributed by atoms with Gasteiger partial charge in [-0.2, -0.15) is 17.0 Å². The summed E-state index contributed by atoms with van der Waals surface area (Å²) in [6.07, 6.45) is 6.94. The summed E-state index contributed by atoms with van der Waals surface area (Å²) in [6.45, 7) is 4.55. The van der Waals surface area contributed by atoms with E-state index in [1.807, 2.05) is 38.1 Å². The summed E-state index contributed by atoms with van der Waals surface area (Å²) >= 11 is 1.70. The molecule has 4 aliphatic carbocycles. The molecule has 5 rings (SSSR count). The molecule has 172 valence electrons. The number of hydrogen-bond donors (Lipinski definition) is 2. The van der Waals surface area contributed by atoms with Gasteiger partial charge in [-0.1, -0.05) is 32.0 Å². The summed E-state index contributed by atoms with van der Waals surface area (Å²) < 4.78 is 0. The number of nitriles is 1. The summed E-state index contributed by atoms with van der Waals surface area (Å²) in [4.78, 5) is 26.3. The molecule has 4 aliphatic rings. The van der Waals surface area contributed by atoms with E-state index in [1.165, 1.54) is 19.3 Å². The van der Waals surface area contributed by atoms with Crippen molar-refractivity contribution in [3.63, 3.8) is 0 Å². The normalized spacial score (nSPS) is 28.9. The van der Waals surface area contributed by atoms with Crippen LogP contribution in [0.1, 0.15) is 63.5 Å². The monoisotopic (exact) mass is 453 g/mol. The Hall–Kier alpha value is -2.00. The Balaban J connectivity index is 1.26. The molecule has 0 aliphatic heterocycles. The van der Waals surface area contributed by atoms with Gasteiger partial charge >= 0.3 is 0 Å². The predicted molar refractivity (Wildman–Crippen MR) is 128 cm³/mol. The number of rotatable bonds is 9. The van der Waals surface area contributed by atoms with E-state index in [-0.39, 0.29) is 23.1 Å². The van der Waals surface area contributed by atoms with E-state index in [9.17, 15) is 14.9 Å². The van der Waals surface area contributed by atoms with Gasteiger partial charge in [0.2, 0.25) is 11.8 Å². The fraction of sp³-hybridized carbons (Fsp3) is 0.654. The summed E-state index contributed by atoms with van der Waals surface area (Å²) in [5.41, 5.74) is 1.50. The highest BCUT2D eigenvalue weighted by atomic mass is 32.2. The van der Waals surface area contributed by atoms with Gasteiger partial charge in [0.25, 0.3) is 0 Å². The van der Waals surface area contributed by atoms with Crippen LogP contribution in [0.3, 0.4) is 0 Å². The molecule has 4 saturated carbocycles. The Morgan fingerprint density at radius 2 is 1.75 bits per heavy atom. The third kappa shape index (κ3) is 4.98. The molecule has 1 aromatic carbocycles. The number of amides is 2. The average Bonchev–Trinajstić information content (AvgIpc) is 2.76. The van der Waals surface area contributed by atoms with Crippen LogP contribution < -0.4 is 10.6 Å². The van der Waals surface area contributed by atoms with Crippen LogP contribution >= 0.6 is 11.8 Å². The first kappa shape index (κ1) is 23.2. The second-order valence-electron chi connectivity index (χ2n) is 10.5. The zero-order valence-corrected chi connectivity index (χ0v) is 20.0. The number of benzene rings is 1. The molecule has 0 saturated heterocycles. The van der Waals surface area contributed by atoms with Crippen molar-refractivity contribution < 1.29 is 9.59 Å². The van der Waals surface area contributed by atoms with E-state index in [0.717, 1.165) is 36.3 Å². The Bertz CT molecular complexity index is 856. The van der Waals surface area contributed by atoms with Crippen LogP contribution in [0.15, 0.2) is 24.3 Å². The van der Waals surface area contributed by atoms with E-state index < -0.39 is 6.04 Å². The Labute approximate surface area is 196 Å². The highest BCUT2D eigenvalue weighted by Gasteiger charge is 2.55. The van der Waals surface area contributed by atoms with Gasteiger partial charge in [0.1, 0.15) is 6.04 Å². The number of carbonyl (C=O) groups is 2. The molecular formula is C26H35N3O2S. The lowest BCUT2D eigenvalue weighted by molar-refractivity contribution is -0.149. The van der Waals surface area contributed by atoms with Gasteiger partial charge in [-0.15, -0.1) is 0 Å². The van der Waals surface area contributed by atoms with E-state index >= 15 is 0 Å². The van der Waals surface area contributed by atoms with Gasteiger partial charge in [0, 0.05) is 23.5 Å². The van der Waals surface area contributed by atoms with Crippen molar-refractivity contribution in [3.05, 3.63) is 35.4 Å². The standard InChI is InChI=1S/C26H35N3O2S/c1-17(2)23(24(30)28-7-8-32-16-22-6-4-3-5-21(22)15-27)29-25(31)26-12-18-9-19(13-26)11-20(10-18)14-26/h3-6,17-20,23H,7-14,16H2,1-2H3,(H,28,30)(H,29,31). The Morgan fingerprint density at radius 1 is 1.12 bits per heavy atom. The molecule has 4 fully saturated rings. The highest BCUT2D eigenvalue weighted by molar-refractivity contribution is 7.98. The number of nitrogens with zero attached hydrogens (tertiary/aromatic N) is 1. The number of thioether (sulfide) groups is 1. The Kier molecular flexibility index (Phi) is 7.14. The summed E-state index contributed by atoms with van der Waals surface area (Å²) in [7, 11) is 0. The zero-order valence-electron chi connectivity index (χ0n) is 19.2. The van der Waals surface area contributed by atoms with Crippen LogP contribution in [0.25, 0.3) is 0 Å². The van der Waals surface area contributed by atoms with E-state index in [0.29, 0.717) is 29.9 Å². The van der Waals surface area contributed by atoms with Crippen LogP contribution in [-0.4, -0.2) is 30.2 Å². The largest absolute Gasteiger partial charge is 0.353 e. The molecule has 32 heavy (non-hydrogen) atoms. The summed E-state index contributed by atoms with van der Waals surface area (Å²) in [5, 5.41) is 15.4. The van der Waals surface area contributed by atoms with Gasteiger partial charge in [-0.3, -0.25) is 9.59 Å². The van der Waals surface area contributed by atoms with Gasteiger partial charge in [-0.25, -0.2) is 0 Å². The smallest absolute Gasteiger partial charge is 0.242 e. The molecule has 2 N–H and O–H groups in total. The van der Waals surface area contributed by atoms with Crippen LogP contribution in [0.5, 0.6) is 0 Å². The van der Waals surface area contributed by atoms with Crippen molar-refractivity contribution in [2.24, 2.45) is 29.1 Å². The van der Waals surface area contributed by atoms with Crippen molar-refractivity contribution in [1.82, 2.24) is 10.6 Å². The first-order valence-electron chi connectivity index (χ1n) is 12.0. The SMILES string of the molecule is CC(C)C(NC(=O)C12CC3CC(CC(C3)C1)C2)C(=O)NCCSCc1ccccc1C#N. The minimum atomic E-state index is -0.486. The van der Waals surface area contributed by atoms with Crippen LogP contribution in [0.2, 0.25) is 0 Å².